The van der Waals surface area contributed by atoms with Crippen LogP contribution in [0.25, 0.3) is 28.3 Å². The van der Waals surface area contributed by atoms with Crippen LogP contribution in [0.4, 0.5) is 0 Å². The van der Waals surface area contributed by atoms with Crippen molar-refractivity contribution in [3.8, 4) is 11.1 Å². The van der Waals surface area contributed by atoms with Gasteiger partial charge in [0.05, 0.1) is 6.54 Å². The van der Waals surface area contributed by atoms with Crippen LogP contribution in [-0.4, -0.2) is 24.5 Å². The summed E-state index contributed by atoms with van der Waals surface area (Å²) < 4.78 is 5.82. The Kier molecular flexibility index (Phi) is 6.12. The van der Waals surface area contributed by atoms with E-state index >= 15 is 0 Å². The third-order valence-corrected chi connectivity index (χ3v) is 9.48. The highest BCUT2D eigenvalue weighted by Crippen LogP contribution is 2.42. The van der Waals surface area contributed by atoms with E-state index in [1.54, 1.807) is 11.1 Å². The lowest BCUT2D eigenvalue weighted by atomic mass is 9.78. The minimum atomic E-state index is -0.123. The summed E-state index contributed by atoms with van der Waals surface area (Å²) in [5.41, 5.74) is 12.8. The van der Waals surface area contributed by atoms with E-state index in [2.05, 4.69) is 73.7 Å². The molecule has 0 bridgehead atoms. The number of nitrogens with zero attached hydrogens (tertiary/aromatic N) is 1. The molecule has 2 aromatic carbocycles. The number of thiophene rings is 1. The monoisotopic (exact) mass is 507 g/mol. The van der Waals surface area contributed by atoms with E-state index in [4.69, 9.17) is 9.57 Å². The van der Waals surface area contributed by atoms with Crippen LogP contribution in [0.2, 0.25) is 0 Å². The number of rotatable bonds is 4. The summed E-state index contributed by atoms with van der Waals surface area (Å²) in [5, 5.41) is 2.02. The summed E-state index contributed by atoms with van der Waals surface area (Å²) >= 11 is 1.91. The predicted octanol–water partition coefficient (Wildman–Crippen LogP) is 8.06. The van der Waals surface area contributed by atoms with Gasteiger partial charge >= 0.3 is 0 Å². The van der Waals surface area contributed by atoms with Gasteiger partial charge in [0.15, 0.2) is 6.29 Å². The topological polar surface area (TPSA) is 21.7 Å². The highest BCUT2D eigenvalue weighted by Gasteiger charge is 2.25. The molecule has 0 saturated carbocycles. The van der Waals surface area contributed by atoms with Gasteiger partial charge in [-0.15, -0.1) is 11.3 Å². The maximum absolute atomic E-state index is 6.22. The SMILES string of the molecule is CC1=CC=C(c2ccc(C3=Cc4ccc5c(c4CC3)CCc3ccccc3-5)s2)CN1OC1CCCCO1. The van der Waals surface area contributed by atoms with Crippen LogP contribution >= 0.6 is 11.3 Å². The van der Waals surface area contributed by atoms with E-state index in [1.807, 2.05) is 16.4 Å². The molecule has 1 unspecified atom stereocenters. The molecule has 1 aromatic heterocycles. The summed E-state index contributed by atoms with van der Waals surface area (Å²) in [6.07, 6.45) is 14.6. The zero-order valence-corrected chi connectivity index (χ0v) is 22.3. The third kappa shape index (κ3) is 4.41. The summed E-state index contributed by atoms with van der Waals surface area (Å²) in [6, 6.07) is 18.2. The summed E-state index contributed by atoms with van der Waals surface area (Å²) in [5.74, 6) is 0. The molecule has 37 heavy (non-hydrogen) atoms. The minimum absolute atomic E-state index is 0.123. The molecule has 3 nitrogen and oxygen atoms in total. The first-order chi connectivity index (χ1) is 18.2. The number of hydrogen-bond acceptors (Lipinski definition) is 4. The Hall–Kier alpha value is -2.92. The van der Waals surface area contributed by atoms with Crippen molar-refractivity contribution in [2.45, 2.75) is 58.2 Å². The fourth-order valence-corrected chi connectivity index (χ4v) is 7.26. The Balaban J connectivity index is 1.12. The lowest BCUT2D eigenvalue weighted by molar-refractivity contribution is -0.272. The molecule has 0 N–H and O–H groups in total. The van der Waals surface area contributed by atoms with E-state index < -0.39 is 0 Å². The number of ether oxygens (including phenoxy) is 1. The van der Waals surface area contributed by atoms with E-state index in [9.17, 15) is 0 Å². The van der Waals surface area contributed by atoms with Gasteiger partial charge in [0.1, 0.15) is 0 Å². The Morgan fingerprint density at radius 3 is 2.59 bits per heavy atom. The molecule has 4 heteroatoms. The van der Waals surface area contributed by atoms with Crippen LogP contribution in [0.5, 0.6) is 0 Å². The molecule has 2 aliphatic carbocycles. The van der Waals surface area contributed by atoms with E-state index in [-0.39, 0.29) is 6.29 Å². The smallest absolute Gasteiger partial charge is 0.183 e. The van der Waals surface area contributed by atoms with Gasteiger partial charge in [0, 0.05) is 28.5 Å². The first-order valence-electron chi connectivity index (χ1n) is 13.7. The lowest BCUT2D eigenvalue weighted by Crippen LogP contribution is -2.34. The van der Waals surface area contributed by atoms with Gasteiger partial charge in [-0.2, -0.15) is 0 Å². The van der Waals surface area contributed by atoms with Crippen molar-refractivity contribution in [3.63, 3.8) is 0 Å². The molecule has 1 fully saturated rings. The Labute approximate surface area is 223 Å². The molecule has 1 atom stereocenters. The van der Waals surface area contributed by atoms with E-state index in [0.29, 0.717) is 0 Å². The van der Waals surface area contributed by atoms with Gasteiger partial charge in [-0.1, -0.05) is 48.6 Å². The van der Waals surface area contributed by atoms with Gasteiger partial charge in [0.25, 0.3) is 0 Å². The Bertz CT molecular complexity index is 1440. The van der Waals surface area contributed by atoms with Gasteiger partial charge in [-0.3, -0.25) is 5.06 Å². The van der Waals surface area contributed by atoms with E-state index in [0.717, 1.165) is 57.4 Å². The first-order valence-corrected chi connectivity index (χ1v) is 14.5. The maximum atomic E-state index is 6.22. The van der Waals surface area contributed by atoms with Crippen LogP contribution in [0, 0.1) is 0 Å². The molecular weight excluding hydrogens is 474 g/mol. The average Bonchev–Trinajstić information content (AvgIpc) is 3.45. The second kappa shape index (κ2) is 9.75. The van der Waals surface area contributed by atoms with Crippen molar-refractivity contribution in [2.75, 3.05) is 13.2 Å². The molecular formula is C33H33NO2S. The molecule has 0 spiro atoms. The molecule has 3 aromatic rings. The summed E-state index contributed by atoms with van der Waals surface area (Å²) in [7, 11) is 0. The zero-order chi connectivity index (χ0) is 24.8. The van der Waals surface area contributed by atoms with Crippen molar-refractivity contribution in [2.24, 2.45) is 0 Å². The largest absolute Gasteiger partial charge is 0.350 e. The lowest BCUT2D eigenvalue weighted by Gasteiger charge is -2.33. The fraction of sp³-hybridized carbons (Fsp3) is 0.333. The highest BCUT2D eigenvalue weighted by atomic mass is 32.1. The van der Waals surface area contributed by atoms with Gasteiger partial charge in [-0.05, 0) is 108 Å². The van der Waals surface area contributed by atoms with Gasteiger partial charge in [-0.25, -0.2) is 4.84 Å². The number of hydrogen-bond donors (Lipinski definition) is 0. The Morgan fingerprint density at radius 1 is 0.838 bits per heavy atom. The minimum Gasteiger partial charge on any atom is -0.350 e. The fourth-order valence-electron chi connectivity index (χ4n) is 6.19. The van der Waals surface area contributed by atoms with Crippen molar-refractivity contribution >= 4 is 28.6 Å². The average molecular weight is 508 g/mol. The van der Waals surface area contributed by atoms with Crippen LogP contribution in [-0.2, 0) is 28.8 Å². The molecule has 2 aliphatic heterocycles. The van der Waals surface area contributed by atoms with Crippen LogP contribution in [0.1, 0.15) is 64.6 Å². The maximum Gasteiger partial charge on any atom is 0.183 e. The summed E-state index contributed by atoms with van der Waals surface area (Å²) in [6.45, 7) is 3.67. The Morgan fingerprint density at radius 2 is 1.70 bits per heavy atom. The molecule has 1 saturated heterocycles. The standard InChI is InChI=1S/C33H33NO2S/c1-22-9-10-26(21-34(22)36-33-8-4-5-19-35-33)32-18-17-31(37-32)25-13-14-28-24(20-25)12-16-29-27-7-3-2-6-23(27)11-15-30(28)29/h2-3,6-7,9-10,12,16-18,20,33H,4-5,8,11,13-15,19,21H2,1H3. The molecule has 0 radical (unpaired) electrons. The number of allylic oxidation sites excluding steroid dienone is 4. The van der Waals surface area contributed by atoms with Gasteiger partial charge in [0.2, 0.25) is 0 Å². The second-order valence-corrected chi connectivity index (χ2v) is 11.7. The van der Waals surface area contributed by atoms with Crippen molar-refractivity contribution < 1.29 is 9.57 Å². The van der Waals surface area contributed by atoms with Crippen molar-refractivity contribution in [1.82, 2.24) is 5.06 Å². The third-order valence-electron chi connectivity index (χ3n) is 8.25. The van der Waals surface area contributed by atoms with Crippen molar-refractivity contribution in [1.29, 1.82) is 0 Å². The van der Waals surface area contributed by atoms with Crippen molar-refractivity contribution in [3.05, 3.63) is 98.4 Å². The normalized spacial score (nSPS) is 20.8. The molecule has 0 amide bonds. The predicted molar refractivity (Wildman–Crippen MR) is 153 cm³/mol. The molecule has 188 valence electrons. The quantitative estimate of drug-likeness (QED) is 0.356. The van der Waals surface area contributed by atoms with Crippen LogP contribution in [0.3, 0.4) is 0 Å². The number of aryl methyl sites for hydroxylation is 1. The van der Waals surface area contributed by atoms with Crippen LogP contribution < -0.4 is 0 Å². The molecule has 7 rings (SSSR count). The van der Waals surface area contributed by atoms with Gasteiger partial charge < -0.3 is 4.74 Å². The van der Waals surface area contributed by atoms with Crippen LogP contribution in [0.15, 0.2) is 66.4 Å². The number of benzene rings is 2. The molecule has 3 heterocycles. The number of hydroxylamine groups is 2. The summed E-state index contributed by atoms with van der Waals surface area (Å²) in [4.78, 5) is 8.93. The zero-order valence-electron chi connectivity index (χ0n) is 21.5. The number of fused-ring (bicyclic) bond motifs is 5. The second-order valence-electron chi connectivity index (χ2n) is 10.6. The first kappa shape index (κ1) is 23.2. The van der Waals surface area contributed by atoms with E-state index in [1.165, 1.54) is 49.6 Å². The molecule has 4 aliphatic rings. The highest BCUT2D eigenvalue weighted by molar-refractivity contribution is 7.14.